The van der Waals surface area contributed by atoms with Crippen molar-refractivity contribution in [3.8, 4) is 6.07 Å². The highest BCUT2D eigenvalue weighted by molar-refractivity contribution is 7.91. The van der Waals surface area contributed by atoms with E-state index in [4.69, 9.17) is 16.9 Å². The van der Waals surface area contributed by atoms with Crippen LogP contribution in [0.1, 0.15) is 17.7 Å². The van der Waals surface area contributed by atoms with Crippen LogP contribution in [0.5, 0.6) is 0 Å². The lowest BCUT2D eigenvalue weighted by Gasteiger charge is -2.13. The zero-order chi connectivity index (χ0) is 13.3. The first-order valence-corrected chi connectivity index (χ1v) is 7.65. The smallest absolute Gasteiger partial charge is 0.152 e. The third-order valence-corrected chi connectivity index (χ3v) is 4.92. The van der Waals surface area contributed by atoms with Crippen molar-refractivity contribution in [3.05, 3.63) is 22.3 Å². The van der Waals surface area contributed by atoms with Crippen LogP contribution in [0, 0.1) is 18.3 Å². The van der Waals surface area contributed by atoms with Crippen molar-refractivity contribution in [3.63, 3.8) is 0 Å². The fourth-order valence-corrected chi connectivity index (χ4v) is 3.78. The lowest BCUT2D eigenvalue weighted by atomic mass is 10.2. The minimum atomic E-state index is -2.94. The van der Waals surface area contributed by atoms with Crippen molar-refractivity contribution in [2.24, 2.45) is 0 Å². The average molecular weight is 286 g/mol. The van der Waals surface area contributed by atoms with E-state index in [1.165, 1.54) is 6.07 Å². The molecule has 1 aliphatic heterocycles. The molecular weight excluding hydrogens is 274 g/mol. The predicted molar refractivity (Wildman–Crippen MR) is 69.4 cm³/mol. The number of nitrogens with zero attached hydrogens (tertiary/aromatic N) is 2. The number of nitriles is 1. The highest BCUT2D eigenvalue weighted by atomic mass is 35.5. The Kier molecular flexibility index (Phi) is 3.46. The van der Waals surface area contributed by atoms with Gasteiger partial charge >= 0.3 is 0 Å². The van der Waals surface area contributed by atoms with Crippen molar-refractivity contribution < 1.29 is 8.42 Å². The largest absolute Gasteiger partial charge is 0.365 e. The van der Waals surface area contributed by atoms with E-state index in [-0.39, 0.29) is 17.5 Å². The summed E-state index contributed by atoms with van der Waals surface area (Å²) in [5.74, 6) is 0.733. The first-order valence-electron chi connectivity index (χ1n) is 5.45. The van der Waals surface area contributed by atoms with E-state index >= 15 is 0 Å². The van der Waals surface area contributed by atoms with Crippen molar-refractivity contribution in [1.29, 1.82) is 5.26 Å². The predicted octanol–water partition coefficient (Wildman–Crippen LogP) is 1.51. The Labute approximate surface area is 111 Å². The van der Waals surface area contributed by atoms with E-state index in [1.54, 1.807) is 6.92 Å². The van der Waals surface area contributed by atoms with Crippen molar-refractivity contribution >= 4 is 27.3 Å². The van der Waals surface area contributed by atoms with Crippen LogP contribution in [0.25, 0.3) is 0 Å². The Bertz CT molecular complexity index is 622. The third kappa shape index (κ3) is 2.74. The first-order chi connectivity index (χ1) is 8.41. The second-order valence-electron chi connectivity index (χ2n) is 4.31. The van der Waals surface area contributed by atoms with Crippen LogP contribution in [-0.2, 0) is 9.84 Å². The minimum absolute atomic E-state index is 0.101. The summed E-state index contributed by atoms with van der Waals surface area (Å²) in [6, 6.07) is 3.38. The summed E-state index contributed by atoms with van der Waals surface area (Å²) in [5.41, 5.74) is 0.995. The van der Waals surface area contributed by atoms with Gasteiger partial charge in [0.1, 0.15) is 11.9 Å². The van der Waals surface area contributed by atoms with Crippen LogP contribution in [0.4, 0.5) is 5.82 Å². The Hall–Kier alpha value is -1.32. The summed E-state index contributed by atoms with van der Waals surface area (Å²) in [6.45, 7) is 1.71. The molecule has 1 N–H and O–H groups in total. The second-order valence-corrected chi connectivity index (χ2v) is 6.94. The Morgan fingerprint density at radius 3 is 2.89 bits per heavy atom. The van der Waals surface area contributed by atoms with Crippen molar-refractivity contribution in [2.45, 2.75) is 19.4 Å². The molecule has 1 aromatic heterocycles. The molecule has 2 heterocycles. The monoisotopic (exact) mass is 285 g/mol. The van der Waals surface area contributed by atoms with E-state index in [2.05, 4.69) is 10.3 Å². The first kappa shape index (κ1) is 13.1. The number of anilines is 1. The fraction of sp³-hybridized carbons (Fsp3) is 0.455. The van der Waals surface area contributed by atoms with Gasteiger partial charge in [0.25, 0.3) is 0 Å². The quantitative estimate of drug-likeness (QED) is 0.890. The topological polar surface area (TPSA) is 82.8 Å². The summed E-state index contributed by atoms with van der Waals surface area (Å²) in [4.78, 5) is 4.19. The standard InChI is InChI=1S/C11H12ClN3O2S/c1-7-8(5-13)4-10(12)11(14-7)15-9-2-3-18(16,17)6-9/h4,9H,2-3,6H2,1H3,(H,14,15). The number of aromatic nitrogens is 1. The normalized spacial score (nSPS) is 21.5. The van der Waals surface area contributed by atoms with E-state index in [0.29, 0.717) is 28.5 Å². The van der Waals surface area contributed by atoms with Gasteiger partial charge in [0.05, 0.1) is 27.8 Å². The molecule has 1 aliphatic rings. The molecule has 0 aromatic carbocycles. The van der Waals surface area contributed by atoms with Crippen LogP contribution in [0.3, 0.4) is 0 Å². The SMILES string of the molecule is Cc1nc(NC2CCS(=O)(=O)C2)c(Cl)cc1C#N. The lowest BCUT2D eigenvalue weighted by Crippen LogP contribution is -2.21. The van der Waals surface area contributed by atoms with Crippen LogP contribution in [0.2, 0.25) is 5.02 Å². The van der Waals surface area contributed by atoms with Gasteiger partial charge in [0.2, 0.25) is 0 Å². The molecular formula is C11H12ClN3O2S. The van der Waals surface area contributed by atoms with E-state index in [1.807, 2.05) is 6.07 Å². The van der Waals surface area contributed by atoms with E-state index in [9.17, 15) is 8.42 Å². The zero-order valence-electron chi connectivity index (χ0n) is 9.77. The molecule has 5 nitrogen and oxygen atoms in total. The number of pyridine rings is 1. The molecule has 0 radical (unpaired) electrons. The molecule has 0 bridgehead atoms. The number of halogens is 1. The van der Waals surface area contributed by atoms with Crippen molar-refractivity contribution in [1.82, 2.24) is 4.98 Å². The van der Waals surface area contributed by atoms with Crippen molar-refractivity contribution in [2.75, 3.05) is 16.8 Å². The summed E-state index contributed by atoms with van der Waals surface area (Å²) in [6.07, 6.45) is 0.555. The van der Waals surface area contributed by atoms with Gasteiger partial charge in [-0.1, -0.05) is 11.6 Å². The molecule has 1 saturated heterocycles. The number of hydrogen-bond donors (Lipinski definition) is 1. The molecule has 0 amide bonds. The highest BCUT2D eigenvalue weighted by Gasteiger charge is 2.28. The van der Waals surface area contributed by atoms with Crippen LogP contribution in [-0.4, -0.2) is 30.9 Å². The number of rotatable bonds is 2. The molecule has 96 valence electrons. The van der Waals surface area contributed by atoms with E-state index < -0.39 is 9.84 Å². The number of hydrogen-bond acceptors (Lipinski definition) is 5. The summed E-state index contributed by atoms with van der Waals surface area (Å²) in [5, 5.41) is 12.2. The highest BCUT2D eigenvalue weighted by Crippen LogP contribution is 2.25. The molecule has 2 rings (SSSR count). The maximum atomic E-state index is 11.3. The van der Waals surface area contributed by atoms with Gasteiger partial charge in [0, 0.05) is 6.04 Å². The van der Waals surface area contributed by atoms with Gasteiger partial charge in [-0.05, 0) is 19.4 Å². The fourth-order valence-electron chi connectivity index (χ4n) is 1.90. The molecule has 1 unspecified atom stereocenters. The van der Waals surface area contributed by atoms with Gasteiger partial charge in [-0.15, -0.1) is 0 Å². The minimum Gasteiger partial charge on any atom is -0.365 e. The Morgan fingerprint density at radius 2 is 2.33 bits per heavy atom. The summed E-state index contributed by atoms with van der Waals surface area (Å²) >= 11 is 6.00. The maximum Gasteiger partial charge on any atom is 0.152 e. The van der Waals surface area contributed by atoms with Crippen LogP contribution < -0.4 is 5.32 Å². The average Bonchev–Trinajstić information content (AvgIpc) is 2.63. The van der Waals surface area contributed by atoms with Crippen LogP contribution >= 0.6 is 11.6 Å². The number of sulfone groups is 1. The molecule has 7 heteroatoms. The van der Waals surface area contributed by atoms with Gasteiger partial charge in [-0.3, -0.25) is 0 Å². The number of nitrogens with one attached hydrogen (secondary N) is 1. The molecule has 1 aromatic rings. The number of aryl methyl sites for hydroxylation is 1. The second kappa shape index (κ2) is 4.75. The van der Waals surface area contributed by atoms with E-state index in [0.717, 1.165) is 0 Å². The molecule has 1 atom stereocenters. The molecule has 18 heavy (non-hydrogen) atoms. The van der Waals surface area contributed by atoms with Gasteiger partial charge < -0.3 is 5.32 Å². The molecule has 1 fully saturated rings. The lowest BCUT2D eigenvalue weighted by molar-refractivity contribution is 0.602. The Balaban J connectivity index is 2.21. The molecule has 0 aliphatic carbocycles. The zero-order valence-corrected chi connectivity index (χ0v) is 11.3. The molecule has 0 spiro atoms. The maximum absolute atomic E-state index is 11.3. The summed E-state index contributed by atoms with van der Waals surface area (Å²) < 4.78 is 22.7. The van der Waals surface area contributed by atoms with Crippen LogP contribution in [0.15, 0.2) is 6.07 Å². The van der Waals surface area contributed by atoms with Gasteiger partial charge in [-0.2, -0.15) is 5.26 Å². The summed E-state index contributed by atoms with van der Waals surface area (Å²) in [7, 11) is -2.94. The van der Waals surface area contributed by atoms with Gasteiger partial charge in [-0.25, -0.2) is 13.4 Å². The Morgan fingerprint density at radius 1 is 1.61 bits per heavy atom. The molecule has 0 saturated carbocycles. The van der Waals surface area contributed by atoms with Gasteiger partial charge in [0.15, 0.2) is 9.84 Å². The third-order valence-electron chi connectivity index (χ3n) is 2.86.